The molecule has 1 unspecified atom stereocenters. The lowest BCUT2D eigenvalue weighted by Gasteiger charge is -2.25. The molecule has 0 bridgehead atoms. The lowest BCUT2D eigenvalue weighted by molar-refractivity contribution is -0.134. The Morgan fingerprint density at radius 3 is 2.44 bits per heavy atom. The van der Waals surface area contributed by atoms with Crippen molar-refractivity contribution in [2.24, 2.45) is 0 Å². The van der Waals surface area contributed by atoms with E-state index in [1.54, 1.807) is 38.1 Å². The minimum Gasteiger partial charge on any atom is -0.462 e. The first-order valence-corrected chi connectivity index (χ1v) is 11.4. The summed E-state index contributed by atoms with van der Waals surface area (Å²) in [6.45, 7) is 7.07. The first-order chi connectivity index (χ1) is 15.3. The summed E-state index contributed by atoms with van der Waals surface area (Å²) in [5.41, 5.74) is 0.598. The number of carbonyl (C=O) groups excluding carboxylic acids is 4. The predicted octanol–water partition coefficient (Wildman–Crippen LogP) is 3.59. The van der Waals surface area contributed by atoms with Crippen LogP contribution in [0.1, 0.15) is 53.6 Å². The topological polar surface area (TPSA) is 105 Å². The number of aryl methyl sites for hydroxylation is 1. The Kier molecular flexibility index (Phi) is 6.98. The van der Waals surface area contributed by atoms with Crippen LogP contribution in [-0.4, -0.2) is 41.9 Å². The van der Waals surface area contributed by atoms with Crippen molar-refractivity contribution in [1.82, 2.24) is 10.2 Å². The van der Waals surface area contributed by atoms with Crippen molar-refractivity contribution >= 4 is 40.2 Å². The number of carbonyl (C=O) groups is 4. The lowest BCUT2D eigenvalue weighted by Crippen LogP contribution is -2.44. The van der Waals surface area contributed by atoms with Gasteiger partial charge < -0.3 is 15.4 Å². The second kappa shape index (κ2) is 9.52. The number of esters is 1. The number of ether oxygens (including phenoxy) is 1. The van der Waals surface area contributed by atoms with Crippen molar-refractivity contribution in [2.75, 3.05) is 18.5 Å². The standard InChI is InChI=1S/C23H27N3O5S/c1-5-16-14(4)32-19(18(16)20(28)31-7-3)24-17(27)13-26-21(29)23(6-2,25-22(26)30)15-11-9-8-10-12-15/h8-12H,5-7,13H2,1-4H3,(H,24,27)(H,25,30). The first kappa shape index (κ1) is 23.5. The third-order valence-electron chi connectivity index (χ3n) is 5.57. The molecule has 0 aliphatic carbocycles. The summed E-state index contributed by atoms with van der Waals surface area (Å²) in [4.78, 5) is 52.9. The Morgan fingerprint density at radius 1 is 1.16 bits per heavy atom. The number of nitrogens with one attached hydrogen (secondary N) is 2. The fraction of sp³-hybridized carbons (Fsp3) is 0.391. The first-order valence-electron chi connectivity index (χ1n) is 10.6. The molecular formula is C23H27N3O5S. The number of hydrogen-bond donors (Lipinski definition) is 2. The Balaban J connectivity index is 1.82. The molecule has 8 nitrogen and oxygen atoms in total. The summed E-state index contributed by atoms with van der Waals surface area (Å²) in [5, 5.41) is 5.82. The van der Waals surface area contributed by atoms with Crippen LogP contribution < -0.4 is 10.6 Å². The van der Waals surface area contributed by atoms with Gasteiger partial charge in [-0.3, -0.25) is 14.5 Å². The van der Waals surface area contributed by atoms with Gasteiger partial charge in [0.1, 0.15) is 17.1 Å². The molecule has 1 atom stereocenters. The van der Waals surface area contributed by atoms with E-state index in [0.717, 1.165) is 15.3 Å². The second-order valence-electron chi connectivity index (χ2n) is 7.41. The van der Waals surface area contributed by atoms with Crippen LogP contribution in [-0.2, 0) is 26.3 Å². The van der Waals surface area contributed by atoms with E-state index in [1.165, 1.54) is 11.3 Å². The molecule has 170 valence electrons. The number of rotatable bonds is 8. The van der Waals surface area contributed by atoms with Crippen molar-refractivity contribution < 1.29 is 23.9 Å². The molecule has 2 N–H and O–H groups in total. The van der Waals surface area contributed by atoms with E-state index < -0.39 is 35.9 Å². The highest BCUT2D eigenvalue weighted by atomic mass is 32.1. The number of benzene rings is 1. The Morgan fingerprint density at radius 2 is 1.84 bits per heavy atom. The molecule has 0 spiro atoms. The molecule has 0 saturated carbocycles. The van der Waals surface area contributed by atoms with Gasteiger partial charge in [-0.05, 0) is 37.8 Å². The average molecular weight is 458 g/mol. The highest BCUT2D eigenvalue weighted by Crippen LogP contribution is 2.35. The molecule has 1 aliphatic rings. The van der Waals surface area contributed by atoms with Crippen LogP contribution >= 0.6 is 11.3 Å². The molecule has 1 aromatic carbocycles. The van der Waals surface area contributed by atoms with E-state index in [1.807, 2.05) is 19.9 Å². The van der Waals surface area contributed by atoms with Crippen LogP contribution in [0.4, 0.5) is 9.80 Å². The van der Waals surface area contributed by atoms with Gasteiger partial charge in [-0.25, -0.2) is 9.59 Å². The molecular weight excluding hydrogens is 430 g/mol. The Labute approximate surface area is 190 Å². The van der Waals surface area contributed by atoms with Gasteiger partial charge in [-0.1, -0.05) is 44.2 Å². The van der Waals surface area contributed by atoms with E-state index in [2.05, 4.69) is 10.6 Å². The van der Waals surface area contributed by atoms with E-state index >= 15 is 0 Å². The largest absolute Gasteiger partial charge is 0.462 e. The van der Waals surface area contributed by atoms with Crippen molar-refractivity contribution in [1.29, 1.82) is 0 Å². The molecule has 1 aliphatic heterocycles. The van der Waals surface area contributed by atoms with Crippen molar-refractivity contribution in [3.8, 4) is 0 Å². The zero-order valence-corrected chi connectivity index (χ0v) is 19.4. The summed E-state index contributed by atoms with van der Waals surface area (Å²) in [6.07, 6.45) is 0.951. The monoisotopic (exact) mass is 457 g/mol. The van der Waals surface area contributed by atoms with E-state index in [0.29, 0.717) is 29.0 Å². The number of anilines is 1. The number of thiophene rings is 1. The predicted molar refractivity (Wildman–Crippen MR) is 122 cm³/mol. The van der Waals surface area contributed by atoms with Gasteiger partial charge in [-0.15, -0.1) is 11.3 Å². The fourth-order valence-corrected chi connectivity index (χ4v) is 5.10. The molecule has 3 rings (SSSR count). The summed E-state index contributed by atoms with van der Waals surface area (Å²) in [7, 11) is 0. The van der Waals surface area contributed by atoms with Crippen molar-refractivity contribution in [3.63, 3.8) is 0 Å². The molecule has 2 aromatic rings. The maximum absolute atomic E-state index is 13.2. The molecule has 32 heavy (non-hydrogen) atoms. The van der Waals surface area contributed by atoms with Gasteiger partial charge in [0.05, 0.1) is 12.2 Å². The summed E-state index contributed by atoms with van der Waals surface area (Å²) in [5.74, 6) is -1.55. The second-order valence-corrected chi connectivity index (χ2v) is 8.63. The van der Waals surface area contributed by atoms with Gasteiger partial charge in [0.2, 0.25) is 5.91 Å². The summed E-state index contributed by atoms with van der Waals surface area (Å²) < 4.78 is 5.15. The number of amides is 4. The van der Waals surface area contributed by atoms with Crippen LogP contribution in [0, 0.1) is 6.92 Å². The Bertz CT molecular complexity index is 1050. The minimum absolute atomic E-state index is 0.214. The van der Waals surface area contributed by atoms with Gasteiger partial charge in [0.25, 0.3) is 5.91 Å². The summed E-state index contributed by atoms with van der Waals surface area (Å²) >= 11 is 1.27. The number of urea groups is 1. The lowest BCUT2D eigenvalue weighted by atomic mass is 9.87. The van der Waals surface area contributed by atoms with Crippen molar-refractivity contribution in [3.05, 3.63) is 51.9 Å². The quantitative estimate of drug-likeness (QED) is 0.466. The maximum Gasteiger partial charge on any atom is 0.341 e. The van der Waals surface area contributed by atoms with Crippen LogP contribution in [0.5, 0.6) is 0 Å². The highest BCUT2D eigenvalue weighted by Gasteiger charge is 2.51. The smallest absolute Gasteiger partial charge is 0.341 e. The van der Waals surface area contributed by atoms with Gasteiger partial charge in [-0.2, -0.15) is 0 Å². The molecule has 2 heterocycles. The molecule has 1 saturated heterocycles. The fourth-order valence-electron chi connectivity index (χ4n) is 3.95. The molecule has 0 radical (unpaired) electrons. The van der Waals surface area contributed by atoms with Crippen LogP contribution in [0.3, 0.4) is 0 Å². The number of imide groups is 1. The van der Waals surface area contributed by atoms with Crippen LogP contribution in [0.25, 0.3) is 0 Å². The van der Waals surface area contributed by atoms with Crippen molar-refractivity contribution in [2.45, 2.75) is 46.1 Å². The Hall–Kier alpha value is -3.20. The maximum atomic E-state index is 13.2. The van der Waals surface area contributed by atoms with E-state index in [9.17, 15) is 19.2 Å². The minimum atomic E-state index is -1.20. The SMILES string of the molecule is CCOC(=O)c1c(NC(=O)CN2C(=O)NC(CC)(c3ccccc3)C2=O)sc(C)c1CC. The molecule has 1 aromatic heterocycles. The zero-order valence-electron chi connectivity index (χ0n) is 18.6. The normalized spacial score (nSPS) is 17.9. The van der Waals surface area contributed by atoms with Crippen LogP contribution in [0.15, 0.2) is 30.3 Å². The number of nitrogens with zero attached hydrogens (tertiary/aromatic N) is 1. The third kappa shape index (κ3) is 4.12. The van der Waals surface area contributed by atoms with Gasteiger partial charge in [0.15, 0.2) is 0 Å². The van der Waals surface area contributed by atoms with E-state index in [-0.39, 0.29) is 6.61 Å². The highest BCUT2D eigenvalue weighted by molar-refractivity contribution is 7.16. The third-order valence-corrected chi connectivity index (χ3v) is 6.63. The molecule has 9 heteroatoms. The van der Waals surface area contributed by atoms with E-state index in [4.69, 9.17) is 4.74 Å². The summed E-state index contributed by atoms with van der Waals surface area (Å²) in [6, 6.07) is 8.34. The molecule has 1 fully saturated rings. The number of hydrogen-bond acceptors (Lipinski definition) is 6. The molecule has 4 amide bonds. The van der Waals surface area contributed by atoms with Crippen LogP contribution in [0.2, 0.25) is 0 Å². The van der Waals surface area contributed by atoms with Gasteiger partial charge in [0, 0.05) is 4.88 Å². The average Bonchev–Trinajstić information content (AvgIpc) is 3.22. The van der Waals surface area contributed by atoms with Gasteiger partial charge >= 0.3 is 12.0 Å². The zero-order chi connectivity index (χ0) is 23.5.